The fraction of sp³-hybridized carbons (Fsp3) is 0.333. The van der Waals surface area contributed by atoms with Crippen molar-refractivity contribution in [2.75, 3.05) is 38.8 Å². The van der Waals surface area contributed by atoms with Gasteiger partial charge in [0, 0.05) is 37.4 Å². The van der Waals surface area contributed by atoms with Crippen LogP contribution in [0.2, 0.25) is 0 Å². The van der Waals surface area contributed by atoms with Crippen LogP contribution in [-0.2, 0) is 0 Å². The van der Waals surface area contributed by atoms with E-state index in [0.29, 0.717) is 23.2 Å². The quantitative estimate of drug-likeness (QED) is 0.676. The van der Waals surface area contributed by atoms with E-state index in [-0.39, 0.29) is 22.4 Å². The Bertz CT molecular complexity index is 1120. The maximum absolute atomic E-state index is 14.9. The summed E-state index contributed by atoms with van der Waals surface area (Å²) in [5, 5.41) is 3.58. The summed E-state index contributed by atoms with van der Waals surface area (Å²) in [6.07, 6.45) is 0. The van der Waals surface area contributed by atoms with Gasteiger partial charge in [-0.3, -0.25) is 0 Å². The van der Waals surface area contributed by atoms with Crippen molar-refractivity contribution in [2.45, 2.75) is 13.0 Å². The Morgan fingerprint density at radius 2 is 2.07 bits per heavy atom. The molecule has 29 heavy (non-hydrogen) atoms. The maximum Gasteiger partial charge on any atom is 0.345 e. The predicted molar refractivity (Wildman–Crippen MR) is 108 cm³/mol. The molecule has 1 atom stereocenters. The average molecular weight is 399 g/mol. The maximum atomic E-state index is 14.9. The average Bonchev–Trinajstić information content (AvgIpc) is 2.72. The number of methoxy groups -OCH3 is 2. The summed E-state index contributed by atoms with van der Waals surface area (Å²) < 4.78 is 30.7. The molecule has 1 aliphatic rings. The first-order valence-corrected chi connectivity index (χ1v) is 9.35. The van der Waals surface area contributed by atoms with Gasteiger partial charge in [0.15, 0.2) is 5.75 Å². The van der Waals surface area contributed by atoms with Gasteiger partial charge in [-0.25, -0.2) is 14.2 Å². The Hall–Kier alpha value is -3.13. The summed E-state index contributed by atoms with van der Waals surface area (Å²) in [4.78, 5) is 19.0. The van der Waals surface area contributed by atoms with Crippen molar-refractivity contribution >= 4 is 16.7 Å². The molecule has 2 aromatic heterocycles. The van der Waals surface area contributed by atoms with E-state index < -0.39 is 11.4 Å². The summed E-state index contributed by atoms with van der Waals surface area (Å²) in [6, 6.07) is 8.20. The molecule has 0 aliphatic carbocycles. The molecule has 1 fully saturated rings. The Morgan fingerprint density at radius 1 is 1.24 bits per heavy atom. The molecule has 152 valence electrons. The Morgan fingerprint density at radius 3 is 2.79 bits per heavy atom. The Balaban J connectivity index is 1.79. The summed E-state index contributed by atoms with van der Waals surface area (Å²) in [5.41, 5.74) is 0.782. The normalized spacial score (nSPS) is 16.8. The minimum absolute atomic E-state index is 0.154. The number of halogens is 1. The molecular weight excluding hydrogens is 377 g/mol. The molecule has 0 radical (unpaired) electrons. The van der Waals surface area contributed by atoms with Crippen molar-refractivity contribution in [1.82, 2.24) is 10.3 Å². The lowest BCUT2D eigenvalue weighted by Gasteiger charge is -2.33. The highest BCUT2D eigenvalue weighted by Gasteiger charge is 2.20. The second kappa shape index (κ2) is 7.71. The van der Waals surface area contributed by atoms with E-state index in [2.05, 4.69) is 22.1 Å². The zero-order chi connectivity index (χ0) is 20.5. The molecule has 4 rings (SSSR count). The van der Waals surface area contributed by atoms with Crippen molar-refractivity contribution < 1.29 is 18.3 Å². The number of rotatable bonds is 4. The van der Waals surface area contributed by atoms with Gasteiger partial charge < -0.3 is 24.1 Å². The second-order valence-electron chi connectivity index (χ2n) is 7.00. The lowest BCUT2D eigenvalue weighted by Crippen LogP contribution is -2.49. The van der Waals surface area contributed by atoms with Gasteiger partial charge >= 0.3 is 5.63 Å². The number of nitrogens with zero attached hydrogens (tertiary/aromatic N) is 2. The van der Waals surface area contributed by atoms with E-state index in [1.807, 2.05) is 0 Å². The van der Waals surface area contributed by atoms with Crippen molar-refractivity contribution in [3.63, 3.8) is 0 Å². The van der Waals surface area contributed by atoms with E-state index in [9.17, 15) is 9.18 Å². The zero-order valence-electron chi connectivity index (χ0n) is 16.5. The van der Waals surface area contributed by atoms with Gasteiger partial charge in [-0.15, -0.1) is 0 Å². The van der Waals surface area contributed by atoms with Crippen molar-refractivity contribution in [3.8, 4) is 22.9 Å². The molecule has 0 unspecified atom stereocenters. The van der Waals surface area contributed by atoms with E-state index in [0.717, 1.165) is 19.6 Å². The number of benzene rings is 1. The van der Waals surface area contributed by atoms with Crippen LogP contribution in [0.1, 0.15) is 6.92 Å². The molecule has 0 amide bonds. The molecule has 1 aromatic carbocycles. The van der Waals surface area contributed by atoms with Crippen LogP contribution in [0.3, 0.4) is 0 Å². The molecule has 0 bridgehead atoms. The summed E-state index contributed by atoms with van der Waals surface area (Å²) in [7, 11) is 2.95. The van der Waals surface area contributed by atoms with Crippen LogP contribution in [0.5, 0.6) is 11.6 Å². The van der Waals surface area contributed by atoms with E-state index >= 15 is 0 Å². The minimum atomic E-state index is -0.595. The minimum Gasteiger partial charge on any atom is -0.491 e. The van der Waals surface area contributed by atoms with E-state index in [1.54, 1.807) is 18.2 Å². The molecule has 0 spiro atoms. The molecule has 1 aliphatic heterocycles. The van der Waals surface area contributed by atoms with Gasteiger partial charge in [0.05, 0.1) is 30.9 Å². The molecule has 3 heterocycles. The van der Waals surface area contributed by atoms with Gasteiger partial charge in [-0.05, 0) is 31.2 Å². The number of piperazine rings is 1. The number of nitrogens with one attached hydrogen (secondary N) is 1. The first-order valence-electron chi connectivity index (χ1n) is 9.35. The fourth-order valence-electron chi connectivity index (χ4n) is 3.57. The number of ether oxygens (including phenoxy) is 2. The number of fused-ring (bicyclic) bond motifs is 1. The van der Waals surface area contributed by atoms with Crippen LogP contribution in [0.4, 0.5) is 10.1 Å². The number of aromatic nitrogens is 1. The zero-order valence-corrected chi connectivity index (χ0v) is 16.5. The van der Waals surface area contributed by atoms with Crippen LogP contribution in [0, 0.1) is 5.82 Å². The third kappa shape index (κ3) is 3.63. The van der Waals surface area contributed by atoms with Gasteiger partial charge in [0.1, 0.15) is 11.4 Å². The van der Waals surface area contributed by atoms with Crippen LogP contribution in [0.15, 0.2) is 39.5 Å². The predicted octanol–water partition coefficient (Wildman–Crippen LogP) is 2.81. The largest absolute Gasteiger partial charge is 0.491 e. The highest BCUT2D eigenvalue weighted by Crippen LogP contribution is 2.30. The smallest absolute Gasteiger partial charge is 0.345 e. The molecule has 0 saturated carbocycles. The van der Waals surface area contributed by atoms with Gasteiger partial charge in [-0.1, -0.05) is 0 Å². The van der Waals surface area contributed by atoms with Crippen LogP contribution >= 0.6 is 0 Å². The molecule has 7 nitrogen and oxygen atoms in total. The molecule has 3 aromatic rings. The van der Waals surface area contributed by atoms with Crippen LogP contribution < -0.4 is 25.3 Å². The van der Waals surface area contributed by atoms with Gasteiger partial charge in [0.2, 0.25) is 0 Å². The number of hydrogen-bond donors (Lipinski definition) is 1. The number of pyridine rings is 1. The van der Waals surface area contributed by atoms with Crippen molar-refractivity contribution in [3.05, 3.63) is 46.6 Å². The molecular formula is C21H22FN3O4. The van der Waals surface area contributed by atoms with Crippen molar-refractivity contribution in [2.24, 2.45) is 0 Å². The fourth-order valence-corrected chi connectivity index (χ4v) is 3.57. The number of anilines is 1. The van der Waals surface area contributed by atoms with Crippen molar-refractivity contribution in [1.29, 1.82) is 0 Å². The Kier molecular flexibility index (Phi) is 5.10. The van der Waals surface area contributed by atoms with E-state index in [4.69, 9.17) is 13.9 Å². The molecule has 8 heteroatoms. The third-order valence-corrected chi connectivity index (χ3v) is 5.04. The molecule has 1 N–H and O–H groups in total. The lowest BCUT2D eigenvalue weighted by molar-refractivity contribution is 0.343. The second-order valence-corrected chi connectivity index (χ2v) is 7.00. The summed E-state index contributed by atoms with van der Waals surface area (Å²) in [6.45, 7) is 4.40. The Labute approximate surface area is 167 Å². The first-order chi connectivity index (χ1) is 14.0. The monoisotopic (exact) mass is 399 g/mol. The number of hydrogen-bond acceptors (Lipinski definition) is 7. The molecule has 1 saturated heterocycles. The highest BCUT2D eigenvalue weighted by atomic mass is 19.1. The first kappa shape index (κ1) is 19.2. The summed E-state index contributed by atoms with van der Waals surface area (Å²) in [5.74, 6) is 0.213. The third-order valence-electron chi connectivity index (χ3n) is 5.04. The van der Waals surface area contributed by atoms with Crippen LogP contribution in [0.25, 0.3) is 22.2 Å². The topological polar surface area (TPSA) is 76.8 Å². The van der Waals surface area contributed by atoms with Crippen LogP contribution in [-0.4, -0.2) is 44.9 Å². The lowest BCUT2D eigenvalue weighted by atomic mass is 10.1. The summed E-state index contributed by atoms with van der Waals surface area (Å²) >= 11 is 0. The highest BCUT2D eigenvalue weighted by molar-refractivity contribution is 5.85. The van der Waals surface area contributed by atoms with E-state index in [1.165, 1.54) is 26.4 Å². The van der Waals surface area contributed by atoms with Gasteiger partial charge in [-0.2, -0.15) is 0 Å². The SMILES string of the molecule is COc1ccc(-c2cc3c(F)cc(N4CCN[C@H](C)C4)cc3oc2=O)nc1OC. The van der Waals surface area contributed by atoms with Gasteiger partial charge in [0.25, 0.3) is 5.88 Å². The standard InChI is InChI=1S/C21H22FN3O4/c1-12-11-25(7-6-23-12)13-8-16(22)14-10-15(21(26)29-19(14)9-13)17-4-5-18(27-2)20(24-17)28-3/h4-5,8-10,12,23H,6-7,11H2,1-3H3/t12-/m1/s1.